The molecule has 78 valence electrons. The summed E-state index contributed by atoms with van der Waals surface area (Å²) < 4.78 is 0.741. The molecule has 0 bridgehead atoms. The van der Waals surface area contributed by atoms with E-state index in [2.05, 4.69) is 31.2 Å². The minimum atomic E-state index is -0.413. The van der Waals surface area contributed by atoms with Crippen molar-refractivity contribution in [3.05, 3.63) is 16.5 Å². The van der Waals surface area contributed by atoms with E-state index in [1.807, 2.05) is 13.8 Å². The first-order chi connectivity index (χ1) is 6.49. The number of aromatic nitrogens is 2. The fourth-order valence-corrected chi connectivity index (χ4v) is 1.43. The normalized spacial score (nSPS) is 14.9. The van der Waals surface area contributed by atoms with Crippen molar-refractivity contribution in [1.82, 2.24) is 9.97 Å². The Balaban J connectivity index is 2.76. The smallest absolute Gasteiger partial charge is 0.131 e. The third-order valence-corrected chi connectivity index (χ3v) is 2.31. The summed E-state index contributed by atoms with van der Waals surface area (Å²) in [6, 6.07) is 1.75. The molecule has 14 heavy (non-hydrogen) atoms. The lowest BCUT2D eigenvalue weighted by molar-refractivity contribution is 0.177. The van der Waals surface area contributed by atoms with Crippen molar-refractivity contribution in [1.29, 1.82) is 0 Å². The van der Waals surface area contributed by atoms with Crippen LogP contribution in [-0.2, 0) is 0 Å². The number of anilines is 1. The van der Waals surface area contributed by atoms with Gasteiger partial charge in [-0.25, -0.2) is 9.97 Å². The minimum Gasteiger partial charge on any atom is -0.391 e. The van der Waals surface area contributed by atoms with Crippen LogP contribution >= 0.6 is 15.9 Å². The number of nitrogens with zero attached hydrogens (tertiary/aromatic N) is 2. The summed E-state index contributed by atoms with van der Waals surface area (Å²) in [5.41, 5.74) is 0. The molecule has 0 aliphatic rings. The molecular weight excluding hydrogens is 246 g/mol. The van der Waals surface area contributed by atoms with E-state index >= 15 is 0 Å². The molecule has 0 saturated heterocycles. The highest BCUT2D eigenvalue weighted by Crippen LogP contribution is 2.13. The van der Waals surface area contributed by atoms with E-state index in [-0.39, 0.29) is 6.04 Å². The van der Waals surface area contributed by atoms with Crippen molar-refractivity contribution in [2.45, 2.75) is 32.9 Å². The fourth-order valence-electron chi connectivity index (χ4n) is 0.959. The van der Waals surface area contributed by atoms with Gasteiger partial charge in [-0.05, 0) is 36.7 Å². The van der Waals surface area contributed by atoms with E-state index in [0.29, 0.717) is 5.82 Å². The zero-order chi connectivity index (χ0) is 10.7. The van der Waals surface area contributed by atoms with Crippen LogP contribution in [0.15, 0.2) is 10.7 Å². The summed E-state index contributed by atoms with van der Waals surface area (Å²) in [6.45, 7) is 5.46. The number of halogens is 1. The average molecular weight is 260 g/mol. The molecule has 1 rings (SSSR count). The van der Waals surface area contributed by atoms with E-state index in [1.54, 1.807) is 13.0 Å². The highest BCUT2D eigenvalue weighted by atomic mass is 79.9. The molecule has 1 heterocycles. The van der Waals surface area contributed by atoms with Gasteiger partial charge in [-0.15, -0.1) is 0 Å². The monoisotopic (exact) mass is 259 g/mol. The zero-order valence-electron chi connectivity index (χ0n) is 8.45. The van der Waals surface area contributed by atoms with Crippen LogP contribution in [0.2, 0.25) is 0 Å². The molecule has 0 amide bonds. The van der Waals surface area contributed by atoms with Crippen LogP contribution < -0.4 is 5.32 Å². The number of aliphatic hydroxyl groups is 1. The molecule has 2 unspecified atom stereocenters. The molecule has 0 aliphatic carbocycles. The van der Waals surface area contributed by atoms with E-state index in [0.717, 1.165) is 10.4 Å². The summed E-state index contributed by atoms with van der Waals surface area (Å²) in [5.74, 6) is 1.41. The lowest BCUT2D eigenvalue weighted by Crippen LogP contribution is -2.28. The highest BCUT2D eigenvalue weighted by Gasteiger charge is 2.09. The standard InChI is InChI=1S/C9H14BrN3O/c1-5(6(2)14)11-9-4-8(10)12-7(3)13-9/h4-6,14H,1-3H3,(H,11,12,13). The van der Waals surface area contributed by atoms with E-state index in [4.69, 9.17) is 0 Å². The third-order valence-electron chi connectivity index (χ3n) is 1.91. The lowest BCUT2D eigenvalue weighted by atomic mass is 10.2. The molecule has 5 heteroatoms. The van der Waals surface area contributed by atoms with Crippen LogP contribution in [0.5, 0.6) is 0 Å². The van der Waals surface area contributed by atoms with Gasteiger partial charge >= 0.3 is 0 Å². The van der Waals surface area contributed by atoms with Crippen LogP contribution in [0, 0.1) is 6.92 Å². The maximum absolute atomic E-state index is 9.30. The summed E-state index contributed by atoms with van der Waals surface area (Å²) in [4.78, 5) is 8.28. The van der Waals surface area contributed by atoms with Crippen molar-refractivity contribution >= 4 is 21.7 Å². The first kappa shape index (κ1) is 11.4. The SMILES string of the molecule is Cc1nc(Br)cc(NC(C)C(C)O)n1. The molecule has 1 aromatic rings. The van der Waals surface area contributed by atoms with Gasteiger partial charge in [0.15, 0.2) is 0 Å². The summed E-state index contributed by atoms with van der Waals surface area (Å²) in [7, 11) is 0. The molecule has 0 radical (unpaired) electrons. The van der Waals surface area contributed by atoms with Gasteiger partial charge in [0, 0.05) is 6.07 Å². The minimum absolute atomic E-state index is 0.0313. The van der Waals surface area contributed by atoms with Gasteiger partial charge in [0.05, 0.1) is 12.1 Å². The molecule has 1 aromatic heterocycles. The third kappa shape index (κ3) is 3.23. The van der Waals surface area contributed by atoms with Gasteiger partial charge in [0.1, 0.15) is 16.2 Å². The van der Waals surface area contributed by atoms with Gasteiger partial charge in [-0.3, -0.25) is 0 Å². The molecule has 0 aliphatic heterocycles. The van der Waals surface area contributed by atoms with Gasteiger partial charge in [0.25, 0.3) is 0 Å². The molecular formula is C9H14BrN3O. The zero-order valence-corrected chi connectivity index (χ0v) is 10.0. The van der Waals surface area contributed by atoms with Gasteiger partial charge in [0.2, 0.25) is 0 Å². The Kier molecular flexibility index (Phi) is 3.83. The number of aliphatic hydroxyl groups excluding tert-OH is 1. The van der Waals surface area contributed by atoms with Crippen molar-refractivity contribution in [2.24, 2.45) is 0 Å². The van der Waals surface area contributed by atoms with E-state index in [1.165, 1.54) is 0 Å². The Morgan fingerprint density at radius 2 is 2.07 bits per heavy atom. The topological polar surface area (TPSA) is 58.0 Å². The summed E-state index contributed by atoms with van der Waals surface area (Å²) in [5, 5.41) is 12.4. The van der Waals surface area contributed by atoms with Gasteiger partial charge < -0.3 is 10.4 Å². The van der Waals surface area contributed by atoms with Crippen molar-refractivity contribution in [3.8, 4) is 0 Å². The Labute approximate surface area is 91.9 Å². The quantitative estimate of drug-likeness (QED) is 0.812. The number of nitrogens with one attached hydrogen (secondary N) is 1. The van der Waals surface area contributed by atoms with Crippen molar-refractivity contribution in [3.63, 3.8) is 0 Å². The molecule has 0 saturated carbocycles. The van der Waals surface area contributed by atoms with E-state index < -0.39 is 6.10 Å². The first-order valence-corrected chi connectivity index (χ1v) is 5.24. The van der Waals surface area contributed by atoms with Crippen molar-refractivity contribution in [2.75, 3.05) is 5.32 Å². The second kappa shape index (κ2) is 4.70. The second-order valence-corrected chi connectivity index (χ2v) is 4.11. The van der Waals surface area contributed by atoms with Crippen LogP contribution in [0.1, 0.15) is 19.7 Å². The maximum Gasteiger partial charge on any atom is 0.131 e. The Bertz CT molecular complexity index is 297. The van der Waals surface area contributed by atoms with Crippen molar-refractivity contribution < 1.29 is 5.11 Å². The van der Waals surface area contributed by atoms with Crippen LogP contribution in [0.3, 0.4) is 0 Å². The fraction of sp³-hybridized carbons (Fsp3) is 0.556. The lowest BCUT2D eigenvalue weighted by Gasteiger charge is -2.17. The van der Waals surface area contributed by atoms with Gasteiger partial charge in [-0.2, -0.15) is 0 Å². The van der Waals surface area contributed by atoms with Crippen LogP contribution in [-0.4, -0.2) is 27.2 Å². The van der Waals surface area contributed by atoms with Crippen LogP contribution in [0.25, 0.3) is 0 Å². The Morgan fingerprint density at radius 1 is 1.43 bits per heavy atom. The predicted octanol–water partition coefficient (Wildman–Crippen LogP) is 1.73. The highest BCUT2D eigenvalue weighted by molar-refractivity contribution is 9.10. The molecule has 0 aromatic carbocycles. The number of hydrogen-bond acceptors (Lipinski definition) is 4. The Morgan fingerprint density at radius 3 is 2.57 bits per heavy atom. The number of rotatable bonds is 3. The summed E-state index contributed by atoms with van der Waals surface area (Å²) >= 11 is 3.29. The second-order valence-electron chi connectivity index (χ2n) is 3.30. The molecule has 2 atom stereocenters. The predicted molar refractivity (Wildman–Crippen MR) is 59.2 cm³/mol. The average Bonchev–Trinajstić information content (AvgIpc) is 2.01. The first-order valence-electron chi connectivity index (χ1n) is 4.45. The molecule has 2 N–H and O–H groups in total. The molecule has 4 nitrogen and oxygen atoms in total. The number of hydrogen-bond donors (Lipinski definition) is 2. The molecule has 0 spiro atoms. The summed E-state index contributed by atoms with van der Waals surface area (Å²) in [6.07, 6.45) is -0.413. The van der Waals surface area contributed by atoms with Crippen LogP contribution in [0.4, 0.5) is 5.82 Å². The molecule has 0 fully saturated rings. The van der Waals surface area contributed by atoms with Gasteiger partial charge in [-0.1, -0.05) is 0 Å². The van der Waals surface area contributed by atoms with E-state index in [9.17, 15) is 5.11 Å². The Hall–Kier alpha value is -0.680. The maximum atomic E-state index is 9.30. The number of aryl methyl sites for hydroxylation is 1. The largest absolute Gasteiger partial charge is 0.391 e.